The third-order valence-corrected chi connectivity index (χ3v) is 2.40. The maximum Gasteiger partial charge on any atom is 2.00 e. The molecule has 0 heterocycles. The Morgan fingerprint density at radius 1 is 1.12 bits per heavy atom. The molecule has 4 nitrogen and oxygen atoms in total. The van der Waals surface area contributed by atoms with E-state index < -0.39 is 17.9 Å². The van der Waals surface area contributed by atoms with Crippen LogP contribution in [0.25, 0.3) is 0 Å². The minimum atomic E-state index is -1.29. The summed E-state index contributed by atoms with van der Waals surface area (Å²) >= 11 is 0. The van der Waals surface area contributed by atoms with Gasteiger partial charge in [-0.25, -0.2) is 0 Å². The first-order valence-corrected chi connectivity index (χ1v) is 5.11. The molecule has 0 bridgehead atoms. The van der Waals surface area contributed by atoms with Gasteiger partial charge in [-0.05, 0) is 24.8 Å². The molecular weight excluding hydrogens is 232 g/mol. The summed E-state index contributed by atoms with van der Waals surface area (Å²) < 4.78 is 0. The first-order valence-electron chi connectivity index (χ1n) is 5.11. The van der Waals surface area contributed by atoms with Gasteiger partial charge < -0.3 is 13.1 Å². The summed E-state index contributed by atoms with van der Waals surface area (Å²) in [5.41, 5.74) is 1.09. The zero-order valence-electron chi connectivity index (χ0n) is 11.5. The van der Waals surface area contributed by atoms with Crippen molar-refractivity contribution >= 4 is 35.0 Å². The molecule has 0 saturated carbocycles. The number of carbonyl (C=O) groups is 2. The third kappa shape index (κ3) is 5.70. The van der Waals surface area contributed by atoms with Crippen LogP contribution in [0.4, 0.5) is 0 Å². The van der Waals surface area contributed by atoms with Crippen molar-refractivity contribution in [2.75, 3.05) is 0 Å². The number of rotatable bonds is 6. The van der Waals surface area contributed by atoms with Crippen LogP contribution >= 0.6 is 0 Å². The number of hydrogen-bond acceptors (Lipinski definition) is 2. The van der Waals surface area contributed by atoms with Crippen LogP contribution in [0.3, 0.4) is 0 Å². The molecule has 5 heteroatoms. The fraction of sp³-hybridized carbons (Fsp3) is 0.333. The molecule has 0 aliphatic carbocycles. The number of benzene rings is 1. The van der Waals surface area contributed by atoms with Crippen molar-refractivity contribution in [1.29, 1.82) is 0 Å². The van der Waals surface area contributed by atoms with Crippen LogP contribution in [0.2, 0.25) is 0 Å². The van der Waals surface area contributed by atoms with Crippen molar-refractivity contribution in [1.82, 2.24) is 0 Å². The molecule has 0 spiro atoms. The molecule has 0 saturated heterocycles. The second-order valence-corrected chi connectivity index (χ2v) is 3.61. The minimum absolute atomic E-state index is 0. The second kappa shape index (κ2) is 8.08. The Balaban J connectivity index is -0.000000853. The molecule has 0 unspecified atom stereocenters. The van der Waals surface area contributed by atoms with Crippen molar-refractivity contribution in [3.05, 3.63) is 35.9 Å². The topological polar surface area (TPSA) is 74.6 Å². The van der Waals surface area contributed by atoms with E-state index >= 15 is 0 Å². The third-order valence-electron chi connectivity index (χ3n) is 2.40. The van der Waals surface area contributed by atoms with Crippen molar-refractivity contribution in [2.45, 2.75) is 19.3 Å². The van der Waals surface area contributed by atoms with Gasteiger partial charge in [-0.1, -0.05) is 30.3 Å². The van der Waals surface area contributed by atoms with Crippen LogP contribution in [0, 0.1) is 5.92 Å². The first kappa shape index (κ1) is 15.9. The van der Waals surface area contributed by atoms with E-state index in [1.54, 1.807) is 0 Å². The Hall–Kier alpha value is -1.07. The number of carboxylic acid groups (broad SMARTS) is 2. The van der Waals surface area contributed by atoms with Crippen molar-refractivity contribution < 1.29 is 22.7 Å². The van der Waals surface area contributed by atoms with Gasteiger partial charge in [0.1, 0.15) is 0 Å². The van der Waals surface area contributed by atoms with E-state index in [0.29, 0.717) is 12.8 Å². The second-order valence-electron chi connectivity index (χ2n) is 3.61. The number of hydrogen-bond donors (Lipinski definition) is 2. The Kier molecular flexibility index (Phi) is 7.57. The van der Waals surface area contributed by atoms with E-state index in [4.69, 9.17) is 10.2 Å². The smallest absolute Gasteiger partial charge is 1.00 e. The Bertz CT molecular complexity index is 359. The molecule has 0 radical (unpaired) electrons. The average molecular weight is 249 g/mol. The Labute approximate surface area is 119 Å². The van der Waals surface area contributed by atoms with Gasteiger partial charge in [0.2, 0.25) is 0 Å². The van der Waals surface area contributed by atoms with Crippen molar-refractivity contribution in [2.24, 2.45) is 5.92 Å². The van der Waals surface area contributed by atoms with E-state index in [0.717, 1.165) is 5.56 Å². The standard InChI is InChI=1S/C12H14O4.Mg.2H/c13-11(14)10(12(15)16)8-4-7-9-5-2-1-3-6-9;;;/h1-3,5-6,10H,4,7-8H2,(H,13,14)(H,15,16);;;/q;+2;2*-1. The minimum Gasteiger partial charge on any atom is -1.00 e. The molecular formula is C12H16MgO4. The maximum absolute atomic E-state index is 10.6. The van der Waals surface area contributed by atoms with Gasteiger partial charge in [0.15, 0.2) is 5.92 Å². The first-order chi connectivity index (χ1) is 7.61. The van der Waals surface area contributed by atoms with Crippen LogP contribution in [0.15, 0.2) is 30.3 Å². The quantitative estimate of drug-likeness (QED) is 0.593. The number of aryl methyl sites for hydroxylation is 1. The number of carboxylic acids is 2. The molecule has 0 aliphatic heterocycles. The molecule has 1 rings (SSSR count). The van der Waals surface area contributed by atoms with E-state index in [-0.39, 0.29) is 32.3 Å². The largest absolute Gasteiger partial charge is 2.00 e. The molecule has 0 aromatic heterocycles. The van der Waals surface area contributed by atoms with Gasteiger partial charge in [-0.2, -0.15) is 0 Å². The predicted octanol–water partition coefficient (Wildman–Crippen LogP) is 1.64. The van der Waals surface area contributed by atoms with E-state index in [2.05, 4.69) is 0 Å². The molecule has 0 atom stereocenters. The zero-order chi connectivity index (χ0) is 12.0. The molecule has 17 heavy (non-hydrogen) atoms. The van der Waals surface area contributed by atoms with E-state index in [1.807, 2.05) is 30.3 Å². The van der Waals surface area contributed by atoms with Gasteiger partial charge in [0.25, 0.3) is 0 Å². The van der Waals surface area contributed by atoms with Crippen LogP contribution in [0.5, 0.6) is 0 Å². The summed E-state index contributed by atoms with van der Waals surface area (Å²) in [5.74, 6) is -3.81. The molecule has 1 aromatic rings. The normalized spacial score (nSPS) is 9.71. The monoisotopic (exact) mass is 248 g/mol. The Morgan fingerprint density at radius 3 is 2.12 bits per heavy atom. The van der Waals surface area contributed by atoms with Gasteiger partial charge in [0.05, 0.1) is 0 Å². The maximum atomic E-state index is 10.6. The van der Waals surface area contributed by atoms with Crippen LogP contribution < -0.4 is 0 Å². The van der Waals surface area contributed by atoms with Crippen LogP contribution in [-0.2, 0) is 16.0 Å². The summed E-state index contributed by atoms with van der Waals surface area (Å²) in [7, 11) is 0. The zero-order valence-corrected chi connectivity index (χ0v) is 10.9. The molecule has 90 valence electrons. The molecule has 0 fully saturated rings. The fourth-order valence-corrected chi connectivity index (χ4v) is 1.51. The fourth-order valence-electron chi connectivity index (χ4n) is 1.51. The molecule has 2 N–H and O–H groups in total. The summed E-state index contributed by atoms with van der Waals surface area (Å²) in [6, 6.07) is 9.59. The molecule has 1 aromatic carbocycles. The van der Waals surface area contributed by atoms with Crippen molar-refractivity contribution in [3.63, 3.8) is 0 Å². The van der Waals surface area contributed by atoms with Crippen LogP contribution in [-0.4, -0.2) is 45.2 Å². The molecule has 0 amide bonds. The average Bonchev–Trinajstić information content (AvgIpc) is 2.24. The predicted molar refractivity (Wildman–Crippen MR) is 66.1 cm³/mol. The SMILES string of the molecule is O=C(O)C(CCCc1ccccc1)C(=O)O.[H-].[H-].[Mg+2]. The van der Waals surface area contributed by atoms with E-state index in [1.165, 1.54) is 0 Å². The van der Waals surface area contributed by atoms with Gasteiger partial charge in [-0.15, -0.1) is 0 Å². The van der Waals surface area contributed by atoms with Gasteiger partial charge in [0, 0.05) is 0 Å². The summed E-state index contributed by atoms with van der Waals surface area (Å²) in [6.07, 6.45) is 1.44. The molecule has 0 aliphatic rings. The van der Waals surface area contributed by atoms with Crippen molar-refractivity contribution in [3.8, 4) is 0 Å². The summed E-state index contributed by atoms with van der Waals surface area (Å²) in [4.78, 5) is 21.2. The van der Waals surface area contributed by atoms with Gasteiger partial charge in [-0.3, -0.25) is 9.59 Å². The van der Waals surface area contributed by atoms with Crippen LogP contribution in [0.1, 0.15) is 21.3 Å². The number of aliphatic carboxylic acids is 2. The summed E-state index contributed by atoms with van der Waals surface area (Å²) in [5, 5.41) is 17.3. The van der Waals surface area contributed by atoms with Gasteiger partial charge >= 0.3 is 35.0 Å². The summed E-state index contributed by atoms with van der Waals surface area (Å²) in [6.45, 7) is 0. The van der Waals surface area contributed by atoms with E-state index in [9.17, 15) is 9.59 Å². The Morgan fingerprint density at radius 2 is 1.65 bits per heavy atom.